The fourth-order valence-electron chi connectivity index (χ4n) is 2.55. The Morgan fingerprint density at radius 3 is 2.79 bits per heavy atom. The van der Waals surface area contributed by atoms with Crippen molar-refractivity contribution in [2.24, 2.45) is 4.99 Å². The molecular formula is C18H18ClN3OS. The maximum Gasteiger partial charge on any atom is 0.264 e. The lowest BCUT2D eigenvalue weighted by Gasteiger charge is -2.08. The van der Waals surface area contributed by atoms with Gasteiger partial charge in [0.2, 0.25) is 0 Å². The Kier molecular flexibility index (Phi) is 4.83. The van der Waals surface area contributed by atoms with Gasteiger partial charge in [0.1, 0.15) is 0 Å². The van der Waals surface area contributed by atoms with Gasteiger partial charge in [0.05, 0.1) is 10.6 Å². The van der Waals surface area contributed by atoms with Crippen LogP contribution in [-0.4, -0.2) is 15.6 Å². The SMILES string of the molecule is Cc1cc(/C=C2/SC(=Nc3cccc(Cl)c3)NC2=O)cn1C(C)C. The predicted octanol–water partition coefficient (Wildman–Crippen LogP) is 4.92. The van der Waals surface area contributed by atoms with Crippen LogP contribution < -0.4 is 5.32 Å². The van der Waals surface area contributed by atoms with Crippen molar-refractivity contribution in [2.75, 3.05) is 0 Å². The number of amidine groups is 1. The number of thioether (sulfide) groups is 1. The van der Waals surface area contributed by atoms with Gasteiger partial charge in [-0.2, -0.15) is 0 Å². The molecule has 124 valence electrons. The van der Waals surface area contributed by atoms with Gasteiger partial charge in [-0.3, -0.25) is 4.79 Å². The summed E-state index contributed by atoms with van der Waals surface area (Å²) in [5.74, 6) is -0.129. The maximum absolute atomic E-state index is 12.2. The van der Waals surface area contributed by atoms with E-state index in [1.807, 2.05) is 18.2 Å². The van der Waals surface area contributed by atoms with Gasteiger partial charge in [-0.15, -0.1) is 0 Å². The second kappa shape index (κ2) is 6.87. The highest BCUT2D eigenvalue weighted by atomic mass is 35.5. The lowest BCUT2D eigenvalue weighted by Crippen LogP contribution is -2.19. The summed E-state index contributed by atoms with van der Waals surface area (Å²) in [7, 11) is 0. The summed E-state index contributed by atoms with van der Waals surface area (Å²) >= 11 is 7.30. The van der Waals surface area contributed by atoms with Crippen molar-refractivity contribution in [3.05, 3.63) is 57.7 Å². The minimum Gasteiger partial charge on any atom is -0.349 e. The van der Waals surface area contributed by atoms with Gasteiger partial charge in [-0.25, -0.2) is 4.99 Å². The Labute approximate surface area is 150 Å². The van der Waals surface area contributed by atoms with E-state index in [-0.39, 0.29) is 5.91 Å². The zero-order chi connectivity index (χ0) is 17.3. The van der Waals surface area contributed by atoms with Crippen LogP contribution in [0.5, 0.6) is 0 Å². The highest BCUT2D eigenvalue weighted by Crippen LogP contribution is 2.29. The van der Waals surface area contributed by atoms with E-state index < -0.39 is 0 Å². The van der Waals surface area contributed by atoms with Gasteiger partial charge in [-0.05, 0) is 68.4 Å². The standard InChI is InChI=1S/C18H18ClN3OS/c1-11(2)22-10-13(7-12(22)3)8-16-17(23)21-18(24-16)20-15-6-4-5-14(19)9-15/h4-11H,1-3H3,(H,20,21,23)/b16-8+. The fraction of sp³-hybridized carbons (Fsp3) is 0.222. The molecule has 6 heteroatoms. The summed E-state index contributed by atoms with van der Waals surface area (Å²) in [6, 6.07) is 9.69. The molecular weight excluding hydrogens is 342 g/mol. The van der Waals surface area contributed by atoms with Crippen molar-refractivity contribution in [1.82, 2.24) is 9.88 Å². The van der Waals surface area contributed by atoms with Crippen molar-refractivity contribution in [2.45, 2.75) is 26.8 Å². The summed E-state index contributed by atoms with van der Waals surface area (Å²) in [6.45, 7) is 6.34. The van der Waals surface area contributed by atoms with Gasteiger partial charge < -0.3 is 9.88 Å². The molecule has 0 bridgehead atoms. The first-order chi connectivity index (χ1) is 11.4. The number of nitrogens with one attached hydrogen (secondary N) is 1. The zero-order valence-electron chi connectivity index (χ0n) is 13.7. The molecule has 0 radical (unpaired) electrons. The van der Waals surface area contributed by atoms with Crippen LogP contribution in [0.2, 0.25) is 5.02 Å². The number of nitrogens with zero attached hydrogens (tertiary/aromatic N) is 2. The molecule has 1 aliphatic heterocycles. The number of hydrogen-bond acceptors (Lipinski definition) is 3. The second-order valence-electron chi connectivity index (χ2n) is 5.88. The van der Waals surface area contributed by atoms with E-state index in [0.717, 1.165) is 5.56 Å². The molecule has 1 aliphatic rings. The third-order valence-electron chi connectivity index (χ3n) is 3.61. The molecule has 0 aliphatic carbocycles. The van der Waals surface area contributed by atoms with Crippen LogP contribution in [0.15, 0.2) is 46.4 Å². The zero-order valence-corrected chi connectivity index (χ0v) is 15.3. The summed E-state index contributed by atoms with van der Waals surface area (Å²) in [4.78, 5) is 17.2. The Balaban J connectivity index is 1.83. The first kappa shape index (κ1) is 16.9. The molecule has 4 nitrogen and oxygen atoms in total. The summed E-state index contributed by atoms with van der Waals surface area (Å²) in [5, 5.41) is 3.97. The first-order valence-electron chi connectivity index (χ1n) is 7.66. The topological polar surface area (TPSA) is 46.4 Å². The number of halogens is 1. The molecule has 0 spiro atoms. The molecule has 1 aromatic heterocycles. The summed E-state index contributed by atoms with van der Waals surface area (Å²) < 4.78 is 2.19. The van der Waals surface area contributed by atoms with Crippen molar-refractivity contribution in [3.8, 4) is 0 Å². The molecule has 2 heterocycles. The van der Waals surface area contributed by atoms with Crippen LogP contribution in [0.4, 0.5) is 5.69 Å². The number of carbonyl (C=O) groups excluding carboxylic acids is 1. The Morgan fingerprint density at radius 1 is 1.33 bits per heavy atom. The lowest BCUT2D eigenvalue weighted by atomic mass is 10.3. The minimum absolute atomic E-state index is 0.129. The molecule has 0 saturated carbocycles. The Morgan fingerprint density at radius 2 is 2.12 bits per heavy atom. The minimum atomic E-state index is -0.129. The van der Waals surface area contributed by atoms with Crippen molar-refractivity contribution in [1.29, 1.82) is 0 Å². The number of benzene rings is 1. The van der Waals surface area contributed by atoms with Gasteiger partial charge in [-0.1, -0.05) is 17.7 Å². The Hall–Kier alpha value is -1.98. The van der Waals surface area contributed by atoms with E-state index in [2.05, 4.69) is 47.9 Å². The second-order valence-corrected chi connectivity index (χ2v) is 7.34. The van der Waals surface area contributed by atoms with Crippen molar-refractivity contribution in [3.63, 3.8) is 0 Å². The highest BCUT2D eigenvalue weighted by Gasteiger charge is 2.24. The highest BCUT2D eigenvalue weighted by molar-refractivity contribution is 8.18. The van der Waals surface area contributed by atoms with E-state index in [9.17, 15) is 4.79 Å². The van der Waals surface area contributed by atoms with Gasteiger partial charge in [0.25, 0.3) is 5.91 Å². The molecule has 0 atom stereocenters. The molecule has 1 saturated heterocycles. The van der Waals surface area contributed by atoms with E-state index in [0.29, 0.717) is 26.8 Å². The average molecular weight is 360 g/mol. The third-order valence-corrected chi connectivity index (χ3v) is 4.76. The lowest BCUT2D eigenvalue weighted by molar-refractivity contribution is -0.115. The quantitative estimate of drug-likeness (QED) is 0.790. The first-order valence-corrected chi connectivity index (χ1v) is 8.85. The number of aliphatic imine (C=N–C) groups is 1. The van der Waals surface area contributed by atoms with E-state index in [1.165, 1.54) is 17.5 Å². The molecule has 1 aromatic carbocycles. The van der Waals surface area contributed by atoms with Crippen molar-refractivity contribution >= 4 is 46.2 Å². The number of carbonyl (C=O) groups is 1. The van der Waals surface area contributed by atoms with Gasteiger partial charge >= 0.3 is 0 Å². The number of aryl methyl sites for hydroxylation is 1. The number of hydrogen-bond donors (Lipinski definition) is 1. The molecule has 3 rings (SSSR count). The molecule has 1 fully saturated rings. The van der Waals surface area contributed by atoms with Gasteiger partial charge in [0.15, 0.2) is 5.17 Å². The largest absolute Gasteiger partial charge is 0.349 e. The van der Waals surface area contributed by atoms with Crippen molar-refractivity contribution < 1.29 is 4.79 Å². The number of aromatic nitrogens is 1. The maximum atomic E-state index is 12.2. The normalized spacial score (nSPS) is 18.0. The smallest absolute Gasteiger partial charge is 0.264 e. The van der Waals surface area contributed by atoms with Crippen LogP contribution in [0.25, 0.3) is 6.08 Å². The Bertz CT molecular complexity index is 852. The predicted molar refractivity (Wildman–Crippen MR) is 102 cm³/mol. The van der Waals surface area contributed by atoms with E-state index in [1.54, 1.807) is 12.1 Å². The van der Waals surface area contributed by atoms with E-state index in [4.69, 9.17) is 11.6 Å². The molecule has 1 N–H and O–H groups in total. The third kappa shape index (κ3) is 3.74. The van der Waals surface area contributed by atoms with Crippen LogP contribution in [0.3, 0.4) is 0 Å². The molecule has 0 unspecified atom stereocenters. The van der Waals surface area contributed by atoms with Crippen LogP contribution >= 0.6 is 23.4 Å². The van der Waals surface area contributed by atoms with Gasteiger partial charge in [0, 0.05) is 23.0 Å². The monoisotopic (exact) mass is 359 g/mol. The van der Waals surface area contributed by atoms with Crippen LogP contribution in [0.1, 0.15) is 31.1 Å². The average Bonchev–Trinajstić information content (AvgIpc) is 3.02. The number of amides is 1. The molecule has 24 heavy (non-hydrogen) atoms. The summed E-state index contributed by atoms with van der Waals surface area (Å²) in [5.41, 5.74) is 2.91. The summed E-state index contributed by atoms with van der Waals surface area (Å²) in [6.07, 6.45) is 3.96. The van der Waals surface area contributed by atoms with E-state index >= 15 is 0 Å². The van der Waals surface area contributed by atoms with Crippen LogP contribution in [-0.2, 0) is 4.79 Å². The number of rotatable bonds is 3. The fourth-order valence-corrected chi connectivity index (χ4v) is 3.57. The molecule has 2 aromatic rings. The van der Waals surface area contributed by atoms with Crippen LogP contribution in [0, 0.1) is 6.92 Å². The molecule has 1 amide bonds.